The summed E-state index contributed by atoms with van der Waals surface area (Å²) in [5, 5.41) is 3.00. The fourth-order valence-electron chi connectivity index (χ4n) is 2.92. The molecule has 0 unspecified atom stereocenters. The lowest BCUT2D eigenvalue weighted by Crippen LogP contribution is -2.20. The third-order valence-electron chi connectivity index (χ3n) is 4.25. The fourth-order valence-corrected chi connectivity index (χ4v) is 2.92. The summed E-state index contributed by atoms with van der Waals surface area (Å²) in [7, 11) is 0. The molecule has 1 amide bonds. The van der Waals surface area contributed by atoms with Crippen LogP contribution < -0.4 is 5.32 Å². The molecule has 1 N–H and O–H groups in total. The Kier molecular flexibility index (Phi) is 4.80. The molecule has 0 radical (unpaired) electrons. The number of anilines is 1. The van der Waals surface area contributed by atoms with Gasteiger partial charge in [0.2, 0.25) is 5.91 Å². The van der Waals surface area contributed by atoms with Gasteiger partial charge in [0, 0.05) is 18.1 Å². The summed E-state index contributed by atoms with van der Waals surface area (Å²) in [4.78, 5) is 12.6. The van der Waals surface area contributed by atoms with E-state index in [1.54, 1.807) is 0 Å². The Labute approximate surface area is 143 Å². The second kappa shape index (κ2) is 7.18. The van der Waals surface area contributed by atoms with Crippen LogP contribution >= 0.6 is 0 Å². The minimum absolute atomic E-state index is 0.00773. The van der Waals surface area contributed by atoms with E-state index in [0.717, 1.165) is 5.69 Å². The number of nitrogens with zero attached hydrogens (tertiary/aromatic N) is 1. The monoisotopic (exact) mass is 318 g/mol. The average molecular weight is 318 g/mol. The van der Waals surface area contributed by atoms with E-state index >= 15 is 0 Å². The lowest BCUT2D eigenvalue weighted by molar-refractivity contribution is -0.116. The third kappa shape index (κ3) is 3.74. The molecule has 0 spiro atoms. The third-order valence-corrected chi connectivity index (χ3v) is 4.25. The van der Waals surface area contributed by atoms with Gasteiger partial charge in [0.25, 0.3) is 0 Å². The highest BCUT2D eigenvalue weighted by atomic mass is 16.1. The van der Waals surface area contributed by atoms with Crippen LogP contribution in [0.4, 0.5) is 5.69 Å². The first-order valence-corrected chi connectivity index (χ1v) is 8.18. The maximum Gasteiger partial charge on any atom is 0.226 e. The summed E-state index contributed by atoms with van der Waals surface area (Å²) in [5.74, 6) is 0.0146. The number of carbonyl (C=O) groups is 1. The standard InChI is InChI=1S/C21H22N2O/c1-16-9-11-18(12-10-16)22-21(24)15-20(23-13-5-6-14-23)19-8-4-3-7-17(19)2/h3-14,20H,15H2,1-2H3,(H,22,24)/t20-/m1/s1. The van der Waals surface area contributed by atoms with Crippen molar-refractivity contribution in [3.05, 3.63) is 89.7 Å². The summed E-state index contributed by atoms with van der Waals surface area (Å²) < 4.78 is 2.09. The number of aryl methyl sites for hydroxylation is 2. The second-order valence-corrected chi connectivity index (χ2v) is 6.12. The van der Waals surface area contributed by atoms with Gasteiger partial charge in [-0.3, -0.25) is 4.79 Å². The molecule has 24 heavy (non-hydrogen) atoms. The highest BCUT2D eigenvalue weighted by molar-refractivity contribution is 5.91. The first kappa shape index (κ1) is 16.1. The van der Waals surface area contributed by atoms with Crippen molar-refractivity contribution in [3.8, 4) is 0 Å². The molecule has 3 aromatic rings. The molecule has 1 atom stereocenters. The van der Waals surface area contributed by atoms with Crippen LogP contribution in [-0.4, -0.2) is 10.5 Å². The summed E-state index contributed by atoms with van der Waals surface area (Å²) in [6.45, 7) is 4.12. The highest BCUT2D eigenvalue weighted by Gasteiger charge is 2.19. The van der Waals surface area contributed by atoms with E-state index in [1.807, 2.05) is 67.8 Å². The van der Waals surface area contributed by atoms with Crippen molar-refractivity contribution in [2.75, 3.05) is 5.32 Å². The maximum absolute atomic E-state index is 12.6. The molecule has 1 heterocycles. The Morgan fingerprint density at radius 1 is 0.958 bits per heavy atom. The molecule has 3 nitrogen and oxygen atoms in total. The molecule has 0 saturated heterocycles. The second-order valence-electron chi connectivity index (χ2n) is 6.12. The minimum Gasteiger partial charge on any atom is -0.346 e. The van der Waals surface area contributed by atoms with Crippen LogP contribution in [-0.2, 0) is 4.79 Å². The van der Waals surface area contributed by atoms with Gasteiger partial charge in [-0.25, -0.2) is 0 Å². The van der Waals surface area contributed by atoms with Crippen LogP contribution in [0.1, 0.15) is 29.2 Å². The van der Waals surface area contributed by atoms with Gasteiger partial charge in [-0.1, -0.05) is 42.0 Å². The predicted octanol–water partition coefficient (Wildman–Crippen LogP) is 4.72. The Hall–Kier alpha value is -2.81. The summed E-state index contributed by atoms with van der Waals surface area (Å²) >= 11 is 0. The molecule has 0 aliphatic carbocycles. The van der Waals surface area contributed by atoms with Crippen molar-refractivity contribution in [2.45, 2.75) is 26.3 Å². The highest BCUT2D eigenvalue weighted by Crippen LogP contribution is 2.26. The number of amides is 1. The number of benzene rings is 2. The molecule has 3 heteroatoms. The van der Waals surface area contributed by atoms with Crippen LogP contribution in [0.2, 0.25) is 0 Å². The predicted molar refractivity (Wildman–Crippen MR) is 98.2 cm³/mol. The number of hydrogen-bond acceptors (Lipinski definition) is 1. The molecule has 1 aromatic heterocycles. The molecule has 122 valence electrons. The fraction of sp³-hybridized carbons (Fsp3) is 0.190. The smallest absolute Gasteiger partial charge is 0.226 e. The van der Waals surface area contributed by atoms with Gasteiger partial charge in [-0.2, -0.15) is 0 Å². The first-order chi connectivity index (χ1) is 11.6. The molecule has 0 aliphatic heterocycles. The number of nitrogens with one attached hydrogen (secondary N) is 1. The maximum atomic E-state index is 12.6. The zero-order valence-electron chi connectivity index (χ0n) is 14.1. The molecular formula is C21H22N2O. The number of carbonyl (C=O) groups excluding carboxylic acids is 1. The van der Waals surface area contributed by atoms with Crippen LogP contribution in [0.3, 0.4) is 0 Å². The van der Waals surface area contributed by atoms with Gasteiger partial charge in [-0.05, 0) is 49.2 Å². The van der Waals surface area contributed by atoms with Crippen LogP contribution in [0.5, 0.6) is 0 Å². The largest absolute Gasteiger partial charge is 0.346 e. The molecule has 0 bridgehead atoms. The van der Waals surface area contributed by atoms with E-state index in [1.165, 1.54) is 16.7 Å². The van der Waals surface area contributed by atoms with Gasteiger partial charge in [-0.15, -0.1) is 0 Å². The SMILES string of the molecule is Cc1ccc(NC(=O)C[C@H](c2ccccc2C)n2cccc2)cc1. The van der Waals surface area contributed by atoms with E-state index < -0.39 is 0 Å². The number of rotatable bonds is 5. The minimum atomic E-state index is -0.00773. The molecule has 0 aliphatic rings. The molecular weight excluding hydrogens is 296 g/mol. The van der Waals surface area contributed by atoms with Crippen LogP contribution in [0.15, 0.2) is 73.1 Å². The van der Waals surface area contributed by atoms with Gasteiger partial charge in [0.1, 0.15) is 0 Å². The zero-order chi connectivity index (χ0) is 16.9. The van der Waals surface area contributed by atoms with Crippen LogP contribution in [0, 0.1) is 13.8 Å². The average Bonchev–Trinajstić information content (AvgIpc) is 3.10. The van der Waals surface area contributed by atoms with E-state index in [4.69, 9.17) is 0 Å². The van der Waals surface area contributed by atoms with Crippen molar-refractivity contribution in [2.24, 2.45) is 0 Å². The van der Waals surface area contributed by atoms with Gasteiger partial charge in [0.05, 0.1) is 12.5 Å². The number of aromatic nitrogens is 1. The van der Waals surface area contributed by atoms with Gasteiger partial charge >= 0.3 is 0 Å². The summed E-state index contributed by atoms with van der Waals surface area (Å²) in [5.41, 5.74) is 4.38. The quantitative estimate of drug-likeness (QED) is 0.725. The Balaban J connectivity index is 1.81. The van der Waals surface area contributed by atoms with Crippen molar-refractivity contribution < 1.29 is 4.79 Å². The van der Waals surface area contributed by atoms with Gasteiger partial charge < -0.3 is 9.88 Å². The van der Waals surface area contributed by atoms with Gasteiger partial charge in [0.15, 0.2) is 0 Å². The number of hydrogen-bond donors (Lipinski definition) is 1. The lowest BCUT2D eigenvalue weighted by Gasteiger charge is -2.21. The van der Waals surface area contributed by atoms with Crippen molar-refractivity contribution in [3.63, 3.8) is 0 Å². The van der Waals surface area contributed by atoms with Crippen molar-refractivity contribution in [1.82, 2.24) is 4.57 Å². The first-order valence-electron chi connectivity index (χ1n) is 8.18. The topological polar surface area (TPSA) is 34.0 Å². The molecule has 2 aromatic carbocycles. The Morgan fingerprint density at radius 3 is 2.29 bits per heavy atom. The van der Waals surface area contributed by atoms with Crippen molar-refractivity contribution >= 4 is 11.6 Å². The summed E-state index contributed by atoms with van der Waals surface area (Å²) in [6, 6.07) is 20.1. The van der Waals surface area contributed by atoms with Crippen molar-refractivity contribution in [1.29, 1.82) is 0 Å². The molecule has 0 fully saturated rings. The Morgan fingerprint density at radius 2 is 1.62 bits per heavy atom. The molecule has 0 saturated carbocycles. The molecule has 3 rings (SSSR count). The van der Waals surface area contributed by atoms with E-state index in [0.29, 0.717) is 6.42 Å². The zero-order valence-corrected chi connectivity index (χ0v) is 14.1. The normalized spacial score (nSPS) is 11.9. The van der Waals surface area contributed by atoms with Crippen LogP contribution in [0.25, 0.3) is 0 Å². The Bertz CT molecular complexity index is 804. The summed E-state index contributed by atoms with van der Waals surface area (Å²) in [6.07, 6.45) is 4.42. The van der Waals surface area contributed by atoms with E-state index in [2.05, 4.69) is 28.9 Å². The van der Waals surface area contributed by atoms with E-state index in [9.17, 15) is 4.79 Å². The lowest BCUT2D eigenvalue weighted by atomic mass is 9.98. The van der Waals surface area contributed by atoms with E-state index in [-0.39, 0.29) is 11.9 Å².